The van der Waals surface area contributed by atoms with Gasteiger partial charge in [-0.2, -0.15) is 4.68 Å². The lowest BCUT2D eigenvalue weighted by Crippen LogP contribution is -2.45. The van der Waals surface area contributed by atoms with Crippen LogP contribution in [0.25, 0.3) is 0 Å². The van der Waals surface area contributed by atoms with Gasteiger partial charge in [0.25, 0.3) is 0 Å². The highest BCUT2D eigenvalue weighted by Gasteiger charge is 2.30. The Kier molecular flexibility index (Phi) is 2.04. The van der Waals surface area contributed by atoms with Gasteiger partial charge in [-0.25, -0.2) is 9.89 Å². The van der Waals surface area contributed by atoms with E-state index >= 15 is 0 Å². The van der Waals surface area contributed by atoms with E-state index < -0.39 is 11.7 Å². The third-order valence-electron chi connectivity index (χ3n) is 2.74. The topological polar surface area (TPSA) is 92.7 Å². The van der Waals surface area contributed by atoms with Crippen molar-refractivity contribution < 1.29 is 4.79 Å². The average molecular weight is 231 g/mol. The molecule has 1 aromatic heterocycles. The fraction of sp³-hybridized carbons (Fsp3) is 0.200. The Labute approximate surface area is 95.5 Å². The van der Waals surface area contributed by atoms with Crippen LogP contribution in [-0.2, 0) is 4.79 Å². The van der Waals surface area contributed by atoms with E-state index in [1.807, 2.05) is 24.3 Å². The highest BCUT2D eigenvalue weighted by molar-refractivity contribution is 5.85. The number of aromatic nitrogens is 4. The lowest BCUT2D eigenvalue weighted by atomic mass is 9.95. The summed E-state index contributed by atoms with van der Waals surface area (Å²) in [7, 11) is 0. The molecular formula is C10H9N5O2. The normalized spacial score (nSPS) is 26.4. The molecule has 3 rings (SSSR count). The van der Waals surface area contributed by atoms with Crippen molar-refractivity contribution in [3.63, 3.8) is 0 Å². The van der Waals surface area contributed by atoms with E-state index in [-0.39, 0.29) is 11.9 Å². The van der Waals surface area contributed by atoms with Crippen molar-refractivity contribution in [2.45, 2.75) is 12.1 Å². The second-order valence-corrected chi connectivity index (χ2v) is 3.79. The number of fused-ring (bicyclic) bond motifs is 1. The molecule has 0 spiro atoms. The predicted octanol–water partition coefficient (Wildman–Crippen LogP) is -0.942. The third-order valence-corrected chi connectivity index (χ3v) is 2.74. The Bertz CT molecular complexity index is 606. The van der Waals surface area contributed by atoms with Gasteiger partial charge in [0.1, 0.15) is 0 Å². The van der Waals surface area contributed by atoms with Crippen LogP contribution in [0.2, 0.25) is 0 Å². The monoisotopic (exact) mass is 231 g/mol. The fourth-order valence-electron chi connectivity index (χ4n) is 1.91. The molecule has 0 aromatic carbocycles. The van der Waals surface area contributed by atoms with Crippen molar-refractivity contribution in [1.82, 2.24) is 25.5 Å². The Hall–Kier alpha value is -2.44. The zero-order valence-electron chi connectivity index (χ0n) is 8.70. The largest absolute Gasteiger partial charge is 0.362 e. The van der Waals surface area contributed by atoms with Crippen LogP contribution in [-0.4, -0.2) is 32.2 Å². The van der Waals surface area contributed by atoms with E-state index in [2.05, 4.69) is 20.8 Å². The maximum absolute atomic E-state index is 11.8. The van der Waals surface area contributed by atoms with Gasteiger partial charge in [-0.3, -0.25) is 4.79 Å². The molecule has 1 aliphatic carbocycles. The van der Waals surface area contributed by atoms with E-state index in [9.17, 15) is 9.59 Å². The lowest BCUT2D eigenvalue weighted by molar-refractivity contribution is -0.124. The minimum absolute atomic E-state index is 0.119. The molecule has 2 aliphatic rings. The molecule has 1 aromatic rings. The molecule has 1 aliphatic heterocycles. The zero-order chi connectivity index (χ0) is 11.8. The summed E-state index contributed by atoms with van der Waals surface area (Å²) < 4.78 is 1.02. The highest BCUT2D eigenvalue weighted by Crippen LogP contribution is 2.21. The van der Waals surface area contributed by atoms with Crippen LogP contribution in [0.15, 0.2) is 40.7 Å². The molecule has 0 saturated carbocycles. The van der Waals surface area contributed by atoms with Crippen molar-refractivity contribution in [3.05, 3.63) is 46.4 Å². The van der Waals surface area contributed by atoms with Crippen molar-refractivity contribution in [1.29, 1.82) is 0 Å². The number of aromatic amines is 1. The number of carbonyl (C=O) groups is 1. The summed E-state index contributed by atoms with van der Waals surface area (Å²) in [6, 6.07) is -0.866. The number of hydrogen-bond acceptors (Lipinski definition) is 4. The number of allylic oxidation sites excluding steroid dienone is 2. The van der Waals surface area contributed by atoms with Gasteiger partial charge in [-0.1, -0.05) is 24.3 Å². The summed E-state index contributed by atoms with van der Waals surface area (Å²) in [6.07, 6.45) is 9.23. The predicted molar refractivity (Wildman–Crippen MR) is 58.0 cm³/mol. The van der Waals surface area contributed by atoms with Crippen molar-refractivity contribution in [2.75, 3.05) is 0 Å². The maximum atomic E-state index is 11.8. The molecule has 7 nitrogen and oxygen atoms in total. The maximum Gasteiger partial charge on any atom is 0.362 e. The molecule has 17 heavy (non-hydrogen) atoms. The molecule has 2 heterocycles. The van der Waals surface area contributed by atoms with Gasteiger partial charge in [-0.05, 0) is 22.1 Å². The van der Waals surface area contributed by atoms with Gasteiger partial charge >= 0.3 is 5.69 Å². The van der Waals surface area contributed by atoms with Gasteiger partial charge in [0.15, 0.2) is 6.04 Å². The Morgan fingerprint density at radius 1 is 1.29 bits per heavy atom. The summed E-state index contributed by atoms with van der Waals surface area (Å²) in [5.74, 6) is -0.269. The summed E-state index contributed by atoms with van der Waals surface area (Å²) in [6.45, 7) is 0. The molecule has 2 atom stereocenters. The van der Waals surface area contributed by atoms with Crippen molar-refractivity contribution in [3.8, 4) is 0 Å². The van der Waals surface area contributed by atoms with E-state index in [0.29, 0.717) is 0 Å². The van der Waals surface area contributed by atoms with Crippen LogP contribution >= 0.6 is 0 Å². The minimum Gasteiger partial charge on any atom is -0.344 e. The van der Waals surface area contributed by atoms with Crippen LogP contribution < -0.4 is 11.0 Å². The quantitative estimate of drug-likeness (QED) is 0.652. The summed E-state index contributed by atoms with van der Waals surface area (Å²) in [5, 5.41) is 11.9. The average Bonchev–Trinajstić information content (AvgIpc) is 2.74. The second-order valence-electron chi connectivity index (χ2n) is 3.79. The molecule has 2 N–H and O–H groups in total. The smallest absolute Gasteiger partial charge is 0.344 e. The number of H-pyrrole nitrogens is 1. The van der Waals surface area contributed by atoms with E-state index in [0.717, 1.165) is 10.3 Å². The van der Waals surface area contributed by atoms with Gasteiger partial charge < -0.3 is 5.32 Å². The van der Waals surface area contributed by atoms with Crippen LogP contribution in [0, 0.1) is 0 Å². The molecule has 7 heteroatoms. The molecule has 86 valence electrons. The summed E-state index contributed by atoms with van der Waals surface area (Å²) in [4.78, 5) is 23.2. The number of rotatable bonds is 1. The second kappa shape index (κ2) is 3.55. The first-order valence-corrected chi connectivity index (χ1v) is 5.12. The molecule has 2 unspecified atom stereocenters. The Morgan fingerprint density at radius 3 is 2.94 bits per heavy atom. The number of hydrogen-bond donors (Lipinski definition) is 2. The van der Waals surface area contributed by atoms with Crippen molar-refractivity contribution >= 4 is 5.91 Å². The van der Waals surface area contributed by atoms with E-state index in [1.165, 1.54) is 0 Å². The minimum atomic E-state index is -0.747. The van der Waals surface area contributed by atoms with Crippen LogP contribution in [0.1, 0.15) is 6.04 Å². The van der Waals surface area contributed by atoms with E-state index in [4.69, 9.17) is 0 Å². The van der Waals surface area contributed by atoms with Crippen LogP contribution in [0.3, 0.4) is 0 Å². The first kappa shape index (κ1) is 9.76. The number of nitrogens with zero attached hydrogens (tertiary/aromatic N) is 3. The standard InChI is InChI=1S/C10H9N5O2/c16-9-8(15-10(17)12-13-14-15)5-6-3-1-2-4-7(6)11-9/h1-5,7-8H,(H,11,16)(H,12,14,17). The molecule has 1 amide bonds. The van der Waals surface area contributed by atoms with Gasteiger partial charge in [0.05, 0.1) is 6.04 Å². The number of carbonyl (C=O) groups excluding carboxylic acids is 1. The number of tetrazole rings is 1. The SMILES string of the molecule is O=C1NC2C=CC=CC2=CC1n1nn[nH]c1=O. The molecule has 0 radical (unpaired) electrons. The van der Waals surface area contributed by atoms with E-state index in [1.54, 1.807) is 6.08 Å². The Balaban J connectivity index is 2.05. The third kappa shape index (κ3) is 1.52. The zero-order valence-corrected chi connectivity index (χ0v) is 8.70. The van der Waals surface area contributed by atoms with Gasteiger partial charge in [0, 0.05) is 0 Å². The molecule has 0 saturated heterocycles. The van der Waals surface area contributed by atoms with Crippen LogP contribution in [0.4, 0.5) is 0 Å². The van der Waals surface area contributed by atoms with Gasteiger partial charge in [-0.15, -0.1) is 0 Å². The lowest BCUT2D eigenvalue weighted by Gasteiger charge is -2.26. The number of amides is 1. The highest BCUT2D eigenvalue weighted by atomic mass is 16.2. The van der Waals surface area contributed by atoms with Crippen molar-refractivity contribution in [2.24, 2.45) is 0 Å². The van der Waals surface area contributed by atoms with Crippen LogP contribution in [0.5, 0.6) is 0 Å². The Morgan fingerprint density at radius 2 is 2.18 bits per heavy atom. The summed E-state index contributed by atoms with van der Waals surface area (Å²) in [5.41, 5.74) is 0.433. The van der Waals surface area contributed by atoms with Gasteiger partial charge in [0.2, 0.25) is 5.91 Å². The first-order valence-electron chi connectivity index (χ1n) is 5.12. The fourth-order valence-corrected chi connectivity index (χ4v) is 1.91. The number of nitrogens with one attached hydrogen (secondary N) is 2. The molecule has 0 fully saturated rings. The molecule has 0 bridgehead atoms. The molecular weight excluding hydrogens is 222 g/mol. The first-order chi connectivity index (χ1) is 8.25. The summed E-state index contributed by atoms with van der Waals surface area (Å²) >= 11 is 0.